The number of methoxy groups -OCH3 is 2. The highest BCUT2D eigenvalue weighted by Crippen LogP contribution is 2.32. The monoisotopic (exact) mass is 482 g/mol. The third-order valence-electron chi connectivity index (χ3n) is 5.73. The first-order chi connectivity index (χ1) is 16.5. The molecule has 0 aliphatic carbocycles. The topological polar surface area (TPSA) is 77.0 Å². The number of hydrogen-bond acceptors (Lipinski definition) is 7. The summed E-state index contributed by atoms with van der Waals surface area (Å²) in [5.41, 5.74) is 2.53. The summed E-state index contributed by atoms with van der Waals surface area (Å²) in [4.78, 5) is 16.5. The third kappa shape index (κ3) is 5.34. The largest absolute Gasteiger partial charge is 0.497 e. The quantitative estimate of drug-likeness (QED) is 0.506. The van der Waals surface area contributed by atoms with Crippen molar-refractivity contribution >= 4 is 23.3 Å². The van der Waals surface area contributed by atoms with Gasteiger partial charge in [-0.05, 0) is 55.0 Å². The molecule has 1 aliphatic rings. The molecule has 34 heavy (non-hydrogen) atoms. The number of amides is 1. The maximum atomic E-state index is 12.6. The highest BCUT2D eigenvalue weighted by molar-refractivity contribution is 6.32. The highest BCUT2D eigenvalue weighted by atomic mass is 35.5. The number of aromatic nitrogens is 2. The lowest BCUT2D eigenvalue weighted by Crippen LogP contribution is -2.50. The fourth-order valence-electron chi connectivity index (χ4n) is 3.79. The van der Waals surface area contributed by atoms with Crippen LogP contribution in [0.15, 0.2) is 48.5 Å². The smallest absolute Gasteiger partial charge is 0.260 e. The van der Waals surface area contributed by atoms with Crippen molar-refractivity contribution in [3.8, 4) is 28.5 Å². The molecule has 9 heteroatoms. The molecule has 3 aromatic rings. The van der Waals surface area contributed by atoms with Crippen LogP contribution in [0.4, 0.5) is 5.82 Å². The Balaban J connectivity index is 1.34. The van der Waals surface area contributed by atoms with Gasteiger partial charge in [-0.15, -0.1) is 10.2 Å². The van der Waals surface area contributed by atoms with Gasteiger partial charge in [-0.1, -0.05) is 17.7 Å². The molecular formula is C25H27ClN4O4. The molecule has 178 valence electrons. The molecule has 1 aliphatic heterocycles. The molecule has 1 fully saturated rings. The van der Waals surface area contributed by atoms with Gasteiger partial charge in [-0.25, -0.2) is 0 Å². The normalized spacial score (nSPS) is 13.5. The molecule has 0 bridgehead atoms. The number of anilines is 1. The first-order valence-corrected chi connectivity index (χ1v) is 11.3. The van der Waals surface area contributed by atoms with E-state index in [-0.39, 0.29) is 12.5 Å². The predicted octanol–water partition coefficient (Wildman–Crippen LogP) is 3.85. The number of benzene rings is 2. The van der Waals surface area contributed by atoms with Crippen LogP contribution in [-0.2, 0) is 4.79 Å². The van der Waals surface area contributed by atoms with Gasteiger partial charge in [0.05, 0.1) is 24.9 Å². The number of nitrogens with zero attached hydrogens (tertiary/aromatic N) is 4. The minimum absolute atomic E-state index is 0.0416. The summed E-state index contributed by atoms with van der Waals surface area (Å²) in [5.74, 6) is 2.64. The summed E-state index contributed by atoms with van der Waals surface area (Å²) in [7, 11) is 3.24. The number of aryl methyl sites for hydroxylation is 1. The van der Waals surface area contributed by atoms with E-state index in [1.54, 1.807) is 25.2 Å². The number of carbonyl (C=O) groups excluding carboxylic acids is 1. The lowest BCUT2D eigenvalue weighted by Gasteiger charge is -2.35. The average molecular weight is 483 g/mol. The van der Waals surface area contributed by atoms with Crippen molar-refractivity contribution in [3.05, 3.63) is 59.1 Å². The molecule has 0 spiro atoms. The van der Waals surface area contributed by atoms with Crippen LogP contribution in [0.5, 0.6) is 17.2 Å². The molecule has 1 amide bonds. The summed E-state index contributed by atoms with van der Waals surface area (Å²) in [6.45, 7) is 4.39. The van der Waals surface area contributed by atoms with Crippen LogP contribution >= 0.6 is 11.6 Å². The van der Waals surface area contributed by atoms with Gasteiger partial charge in [-0.2, -0.15) is 0 Å². The number of piperazine rings is 1. The van der Waals surface area contributed by atoms with Gasteiger partial charge in [0.1, 0.15) is 17.2 Å². The molecule has 2 heterocycles. The van der Waals surface area contributed by atoms with Crippen molar-refractivity contribution in [1.82, 2.24) is 15.1 Å². The lowest BCUT2D eigenvalue weighted by molar-refractivity contribution is -0.133. The number of rotatable bonds is 7. The molecule has 1 aromatic heterocycles. The highest BCUT2D eigenvalue weighted by Gasteiger charge is 2.23. The number of halogens is 1. The molecular weight excluding hydrogens is 456 g/mol. The van der Waals surface area contributed by atoms with Gasteiger partial charge in [0.25, 0.3) is 5.91 Å². The zero-order valence-corrected chi connectivity index (χ0v) is 20.2. The van der Waals surface area contributed by atoms with Crippen LogP contribution in [0.25, 0.3) is 11.3 Å². The minimum atomic E-state index is -0.0659. The molecule has 2 aromatic carbocycles. The zero-order chi connectivity index (χ0) is 24.1. The summed E-state index contributed by atoms with van der Waals surface area (Å²) in [5, 5.41) is 9.31. The van der Waals surface area contributed by atoms with Crippen molar-refractivity contribution in [3.63, 3.8) is 0 Å². The fraction of sp³-hybridized carbons (Fsp3) is 0.320. The first kappa shape index (κ1) is 23.6. The number of carbonyl (C=O) groups is 1. The van der Waals surface area contributed by atoms with Gasteiger partial charge < -0.3 is 24.0 Å². The molecule has 0 radical (unpaired) electrons. The molecule has 1 saturated heterocycles. The maximum Gasteiger partial charge on any atom is 0.260 e. The Labute approximate surface area is 204 Å². The van der Waals surface area contributed by atoms with E-state index in [2.05, 4.69) is 15.1 Å². The second-order valence-electron chi connectivity index (χ2n) is 7.93. The standard InChI is InChI=1S/C25H27ClN4O4/c1-17-4-6-20(26)23(14-17)34-16-25(31)30-12-10-29(11-13-30)24-9-7-21(27-28-24)19-15-18(32-2)5-8-22(19)33-3/h4-9,14-15H,10-13,16H2,1-3H3. The fourth-order valence-corrected chi connectivity index (χ4v) is 3.96. The summed E-state index contributed by atoms with van der Waals surface area (Å²) < 4.78 is 16.4. The Morgan fingerprint density at radius 2 is 1.74 bits per heavy atom. The van der Waals surface area contributed by atoms with Crippen molar-refractivity contribution < 1.29 is 19.0 Å². The van der Waals surface area contributed by atoms with E-state index in [4.69, 9.17) is 25.8 Å². The van der Waals surface area contributed by atoms with E-state index in [9.17, 15) is 4.79 Å². The summed E-state index contributed by atoms with van der Waals surface area (Å²) >= 11 is 6.15. The third-order valence-corrected chi connectivity index (χ3v) is 6.04. The van der Waals surface area contributed by atoms with Crippen molar-refractivity contribution in [2.45, 2.75) is 6.92 Å². The Bertz CT molecular complexity index is 1150. The number of ether oxygens (including phenoxy) is 3. The van der Waals surface area contributed by atoms with Crippen LogP contribution in [0, 0.1) is 6.92 Å². The van der Waals surface area contributed by atoms with Gasteiger partial charge in [0, 0.05) is 31.7 Å². The van der Waals surface area contributed by atoms with Crippen molar-refractivity contribution in [1.29, 1.82) is 0 Å². The first-order valence-electron chi connectivity index (χ1n) is 11.0. The van der Waals surface area contributed by atoms with E-state index < -0.39 is 0 Å². The Hall–Kier alpha value is -3.52. The molecule has 0 N–H and O–H groups in total. The zero-order valence-electron chi connectivity index (χ0n) is 19.5. The van der Waals surface area contributed by atoms with E-state index in [0.29, 0.717) is 48.4 Å². The number of hydrogen-bond donors (Lipinski definition) is 0. The second kappa shape index (κ2) is 10.6. The Morgan fingerprint density at radius 1 is 0.941 bits per heavy atom. The van der Waals surface area contributed by atoms with Gasteiger partial charge in [0.2, 0.25) is 0 Å². The minimum Gasteiger partial charge on any atom is -0.497 e. The maximum absolute atomic E-state index is 12.6. The van der Waals surface area contributed by atoms with Crippen molar-refractivity contribution in [2.24, 2.45) is 0 Å². The van der Waals surface area contributed by atoms with Gasteiger partial charge in [-0.3, -0.25) is 4.79 Å². The van der Waals surface area contributed by atoms with E-state index in [1.807, 2.05) is 49.4 Å². The Kier molecular flexibility index (Phi) is 7.37. The Morgan fingerprint density at radius 3 is 2.41 bits per heavy atom. The molecule has 4 rings (SSSR count). The van der Waals surface area contributed by atoms with Crippen LogP contribution in [0.3, 0.4) is 0 Å². The average Bonchev–Trinajstić information content (AvgIpc) is 2.88. The lowest BCUT2D eigenvalue weighted by atomic mass is 10.1. The molecule has 0 unspecified atom stereocenters. The van der Waals surface area contributed by atoms with Crippen LogP contribution in [0.2, 0.25) is 5.02 Å². The summed E-state index contributed by atoms with van der Waals surface area (Å²) in [6.07, 6.45) is 0. The van der Waals surface area contributed by atoms with E-state index in [1.165, 1.54) is 0 Å². The summed E-state index contributed by atoms with van der Waals surface area (Å²) in [6, 6.07) is 14.9. The van der Waals surface area contributed by atoms with E-state index in [0.717, 1.165) is 22.7 Å². The van der Waals surface area contributed by atoms with Gasteiger partial charge in [0.15, 0.2) is 12.4 Å². The second-order valence-corrected chi connectivity index (χ2v) is 8.34. The molecule has 0 atom stereocenters. The molecule has 8 nitrogen and oxygen atoms in total. The van der Waals surface area contributed by atoms with Crippen LogP contribution in [0.1, 0.15) is 5.56 Å². The van der Waals surface area contributed by atoms with Crippen molar-refractivity contribution in [2.75, 3.05) is 51.9 Å². The van der Waals surface area contributed by atoms with Gasteiger partial charge >= 0.3 is 0 Å². The predicted molar refractivity (Wildman–Crippen MR) is 131 cm³/mol. The molecule has 0 saturated carbocycles. The SMILES string of the molecule is COc1ccc(OC)c(-c2ccc(N3CCN(C(=O)COc4cc(C)ccc4Cl)CC3)nn2)c1. The van der Waals surface area contributed by atoms with Crippen LogP contribution in [-0.4, -0.2) is 68.0 Å². The van der Waals surface area contributed by atoms with Crippen LogP contribution < -0.4 is 19.1 Å². The van der Waals surface area contributed by atoms with E-state index >= 15 is 0 Å².